The van der Waals surface area contributed by atoms with E-state index in [1.165, 1.54) is 4.88 Å². The third kappa shape index (κ3) is 3.34. The number of para-hydroxylation sites is 3. The minimum Gasteiger partial charge on any atom is -0.495 e. The lowest BCUT2D eigenvalue weighted by molar-refractivity contribution is 0.251. The molecule has 28 heavy (non-hydrogen) atoms. The molecule has 0 unspecified atom stereocenters. The van der Waals surface area contributed by atoms with E-state index in [1.54, 1.807) is 18.4 Å². The number of urea groups is 1. The van der Waals surface area contributed by atoms with E-state index < -0.39 is 0 Å². The number of hydrogen-bond donors (Lipinski definition) is 2. The third-order valence-corrected chi connectivity index (χ3v) is 5.62. The van der Waals surface area contributed by atoms with Gasteiger partial charge in [0.15, 0.2) is 0 Å². The summed E-state index contributed by atoms with van der Waals surface area (Å²) in [5.41, 5.74) is 4.02. The van der Waals surface area contributed by atoms with E-state index >= 15 is 0 Å². The second-order valence-corrected chi connectivity index (χ2v) is 7.34. The average Bonchev–Trinajstić information content (AvgIpc) is 3.33. The van der Waals surface area contributed by atoms with Crippen LogP contribution in [0.4, 0.5) is 10.5 Å². The van der Waals surface area contributed by atoms with Crippen LogP contribution in [0.5, 0.6) is 5.75 Å². The zero-order valence-corrected chi connectivity index (χ0v) is 16.5. The molecule has 6 heteroatoms. The van der Waals surface area contributed by atoms with E-state index in [0.29, 0.717) is 18.0 Å². The van der Waals surface area contributed by atoms with E-state index in [2.05, 4.69) is 45.8 Å². The summed E-state index contributed by atoms with van der Waals surface area (Å²) in [5.74, 6) is 0.627. The van der Waals surface area contributed by atoms with Crippen molar-refractivity contribution in [3.05, 3.63) is 71.6 Å². The topological polar surface area (TPSA) is 55.3 Å². The molecule has 0 spiro atoms. The predicted octanol–water partition coefficient (Wildman–Crippen LogP) is 5.24. The summed E-state index contributed by atoms with van der Waals surface area (Å²) in [4.78, 5) is 13.7. The maximum atomic E-state index is 12.5. The average molecular weight is 391 g/mol. The van der Waals surface area contributed by atoms with Gasteiger partial charge in [0.2, 0.25) is 0 Å². The van der Waals surface area contributed by atoms with Gasteiger partial charge in [0.25, 0.3) is 0 Å². The summed E-state index contributed by atoms with van der Waals surface area (Å²) < 4.78 is 7.48. The summed E-state index contributed by atoms with van der Waals surface area (Å²) in [5, 5.41) is 9.07. The van der Waals surface area contributed by atoms with Crippen molar-refractivity contribution < 1.29 is 9.53 Å². The van der Waals surface area contributed by atoms with Crippen LogP contribution in [-0.4, -0.2) is 17.7 Å². The molecule has 2 N–H and O–H groups in total. The summed E-state index contributed by atoms with van der Waals surface area (Å²) in [6.45, 7) is 0.426. The zero-order valence-electron chi connectivity index (χ0n) is 15.7. The number of methoxy groups -OCH3 is 1. The first-order valence-corrected chi connectivity index (χ1v) is 9.85. The standard InChI is InChI=1S/C22H21N3O2S/c1-25-18-10-5-3-8-15(18)16(21(25)20-12-7-13-28-20)14-23-22(26)24-17-9-4-6-11-19(17)27-2/h3-13H,14H2,1-2H3,(H2,23,24,26). The van der Waals surface area contributed by atoms with Gasteiger partial charge >= 0.3 is 6.03 Å². The summed E-state index contributed by atoms with van der Waals surface area (Å²) >= 11 is 1.70. The number of amides is 2. The third-order valence-electron chi connectivity index (χ3n) is 4.75. The molecule has 0 aliphatic rings. The van der Waals surface area contributed by atoms with Gasteiger partial charge in [-0.2, -0.15) is 0 Å². The Morgan fingerprint density at radius 1 is 1.07 bits per heavy atom. The Morgan fingerprint density at radius 3 is 2.64 bits per heavy atom. The van der Waals surface area contributed by atoms with E-state index in [1.807, 2.05) is 42.5 Å². The minimum atomic E-state index is -0.269. The lowest BCUT2D eigenvalue weighted by Crippen LogP contribution is -2.28. The maximum absolute atomic E-state index is 12.5. The molecule has 5 nitrogen and oxygen atoms in total. The van der Waals surface area contributed by atoms with Crippen molar-refractivity contribution in [3.8, 4) is 16.3 Å². The van der Waals surface area contributed by atoms with Crippen molar-refractivity contribution in [1.29, 1.82) is 0 Å². The Labute approximate surface area is 167 Å². The van der Waals surface area contributed by atoms with Gasteiger partial charge in [0, 0.05) is 30.1 Å². The molecule has 2 amide bonds. The number of ether oxygens (including phenoxy) is 1. The Morgan fingerprint density at radius 2 is 1.86 bits per heavy atom. The Kier molecular flexibility index (Phi) is 5.04. The largest absolute Gasteiger partial charge is 0.495 e. The van der Waals surface area contributed by atoms with Crippen LogP contribution in [0.3, 0.4) is 0 Å². The molecular formula is C22H21N3O2S. The number of benzene rings is 2. The van der Waals surface area contributed by atoms with Gasteiger partial charge in [-0.3, -0.25) is 0 Å². The van der Waals surface area contributed by atoms with Crippen LogP contribution >= 0.6 is 11.3 Å². The number of aryl methyl sites for hydroxylation is 1. The molecule has 0 atom stereocenters. The van der Waals surface area contributed by atoms with Crippen molar-refractivity contribution in [2.45, 2.75) is 6.54 Å². The second-order valence-electron chi connectivity index (χ2n) is 6.39. The van der Waals surface area contributed by atoms with Crippen molar-refractivity contribution >= 4 is 34.0 Å². The number of carbonyl (C=O) groups is 1. The van der Waals surface area contributed by atoms with Crippen molar-refractivity contribution in [1.82, 2.24) is 9.88 Å². The van der Waals surface area contributed by atoms with Crippen LogP contribution in [0.25, 0.3) is 21.5 Å². The summed E-state index contributed by atoms with van der Waals surface area (Å²) in [6.07, 6.45) is 0. The van der Waals surface area contributed by atoms with Crippen LogP contribution in [0.1, 0.15) is 5.56 Å². The number of anilines is 1. The van der Waals surface area contributed by atoms with Gasteiger partial charge in [-0.1, -0.05) is 36.4 Å². The molecule has 0 bridgehead atoms. The fraction of sp³-hybridized carbons (Fsp3) is 0.136. The van der Waals surface area contributed by atoms with Crippen molar-refractivity contribution in [2.75, 3.05) is 12.4 Å². The van der Waals surface area contributed by atoms with E-state index in [-0.39, 0.29) is 6.03 Å². The Bertz CT molecular complexity index is 1120. The summed E-state index contributed by atoms with van der Waals surface area (Å²) in [7, 11) is 3.65. The fourth-order valence-corrected chi connectivity index (χ4v) is 4.29. The van der Waals surface area contributed by atoms with Crippen LogP contribution in [-0.2, 0) is 13.6 Å². The molecule has 0 saturated heterocycles. The number of nitrogens with zero attached hydrogens (tertiary/aromatic N) is 1. The highest BCUT2D eigenvalue weighted by molar-refractivity contribution is 7.13. The van der Waals surface area contributed by atoms with Gasteiger partial charge in [0.1, 0.15) is 5.75 Å². The SMILES string of the molecule is COc1ccccc1NC(=O)NCc1c(-c2cccs2)n(C)c2ccccc12. The number of fused-ring (bicyclic) bond motifs is 1. The van der Waals surface area contributed by atoms with Gasteiger partial charge in [-0.15, -0.1) is 11.3 Å². The Balaban J connectivity index is 1.61. The molecule has 0 aliphatic carbocycles. The first-order valence-electron chi connectivity index (χ1n) is 8.97. The van der Waals surface area contributed by atoms with Crippen LogP contribution in [0.15, 0.2) is 66.0 Å². The molecule has 0 fully saturated rings. The molecule has 4 aromatic rings. The molecule has 2 aromatic carbocycles. The number of rotatable bonds is 5. The quantitative estimate of drug-likeness (QED) is 0.489. The maximum Gasteiger partial charge on any atom is 0.319 e. The molecular weight excluding hydrogens is 370 g/mol. The summed E-state index contributed by atoms with van der Waals surface area (Å²) in [6, 6.07) is 19.5. The molecule has 2 aromatic heterocycles. The number of hydrogen-bond acceptors (Lipinski definition) is 3. The van der Waals surface area contributed by atoms with Crippen molar-refractivity contribution in [2.24, 2.45) is 7.05 Å². The van der Waals surface area contributed by atoms with Crippen LogP contribution in [0.2, 0.25) is 0 Å². The molecule has 4 rings (SSSR count). The number of carbonyl (C=O) groups excluding carboxylic acids is 1. The fourth-order valence-electron chi connectivity index (χ4n) is 3.46. The Hall–Kier alpha value is -3.25. The number of thiophene rings is 1. The zero-order chi connectivity index (χ0) is 19.5. The normalized spacial score (nSPS) is 10.8. The highest BCUT2D eigenvalue weighted by atomic mass is 32.1. The molecule has 0 radical (unpaired) electrons. The highest BCUT2D eigenvalue weighted by Crippen LogP contribution is 2.35. The predicted molar refractivity (Wildman–Crippen MR) is 115 cm³/mol. The van der Waals surface area contributed by atoms with Gasteiger partial charge in [-0.25, -0.2) is 4.79 Å². The van der Waals surface area contributed by atoms with E-state index in [0.717, 1.165) is 22.2 Å². The van der Waals surface area contributed by atoms with E-state index in [9.17, 15) is 4.79 Å². The highest BCUT2D eigenvalue weighted by Gasteiger charge is 2.18. The van der Waals surface area contributed by atoms with Crippen LogP contribution < -0.4 is 15.4 Å². The molecule has 142 valence electrons. The van der Waals surface area contributed by atoms with E-state index in [4.69, 9.17) is 4.74 Å². The number of nitrogens with one attached hydrogen (secondary N) is 2. The minimum absolute atomic E-state index is 0.269. The molecule has 0 saturated carbocycles. The molecule has 0 aliphatic heterocycles. The first-order chi connectivity index (χ1) is 13.7. The lowest BCUT2D eigenvalue weighted by atomic mass is 10.1. The lowest BCUT2D eigenvalue weighted by Gasteiger charge is -2.12. The van der Waals surface area contributed by atoms with Gasteiger partial charge in [0.05, 0.1) is 23.4 Å². The first kappa shape index (κ1) is 18.1. The van der Waals surface area contributed by atoms with Gasteiger partial charge in [-0.05, 0) is 29.6 Å². The second kappa shape index (κ2) is 7.78. The number of aromatic nitrogens is 1. The molecule has 2 heterocycles. The monoisotopic (exact) mass is 391 g/mol. The van der Waals surface area contributed by atoms with Gasteiger partial charge < -0.3 is 19.9 Å². The smallest absolute Gasteiger partial charge is 0.319 e. The van der Waals surface area contributed by atoms with Crippen molar-refractivity contribution in [3.63, 3.8) is 0 Å². The van der Waals surface area contributed by atoms with Crippen LogP contribution in [0, 0.1) is 0 Å².